The lowest BCUT2D eigenvalue weighted by Crippen LogP contribution is -2.52. The molecule has 1 fully saturated rings. The summed E-state index contributed by atoms with van der Waals surface area (Å²) in [7, 11) is -2.33. The number of nitrogen functional groups attached to an aromatic ring is 1. The highest BCUT2D eigenvalue weighted by atomic mass is 28.4. The second-order valence-corrected chi connectivity index (χ2v) is 19.0. The molecule has 1 unspecified atom stereocenters. The van der Waals surface area contributed by atoms with Crippen LogP contribution in [-0.2, 0) is 28.9 Å². The summed E-state index contributed by atoms with van der Waals surface area (Å²) in [5.74, 6) is 1.95. The summed E-state index contributed by atoms with van der Waals surface area (Å²) in [6.07, 6.45) is 5.39. The van der Waals surface area contributed by atoms with E-state index in [9.17, 15) is 14.0 Å². The van der Waals surface area contributed by atoms with Crippen molar-refractivity contribution in [2.75, 3.05) is 18.9 Å². The number of carbonyl (C=O) groups excluding carboxylic acids is 2. The van der Waals surface area contributed by atoms with Crippen LogP contribution in [-0.4, -0.2) is 64.7 Å². The van der Waals surface area contributed by atoms with Crippen molar-refractivity contribution in [1.29, 1.82) is 0 Å². The molecule has 46 heavy (non-hydrogen) atoms. The number of hydrogen-bond donors (Lipinski definition) is 1. The van der Waals surface area contributed by atoms with E-state index in [2.05, 4.69) is 54.7 Å². The molecule has 0 aliphatic carbocycles. The molecule has 1 aliphatic heterocycles. The Hall–Kier alpha value is -3.86. The number of esters is 2. The van der Waals surface area contributed by atoms with Gasteiger partial charge in [0.1, 0.15) is 17.3 Å². The van der Waals surface area contributed by atoms with Gasteiger partial charge in [-0.1, -0.05) is 46.6 Å². The van der Waals surface area contributed by atoms with Crippen LogP contribution in [0.15, 0.2) is 18.5 Å². The van der Waals surface area contributed by atoms with E-state index >= 15 is 0 Å². The van der Waals surface area contributed by atoms with Gasteiger partial charge in [0.05, 0.1) is 26.0 Å². The minimum atomic E-state index is -2.33. The van der Waals surface area contributed by atoms with Gasteiger partial charge in [0, 0.05) is 17.9 Å². The molecule has 0 bridgehead atoms. The molecule has 1 saturated heterocycles. The number of halogens is 1. The van der Waals surface area contributed by atoms with Crippen LogP contribution in [0.2, 0.25) is 18.1 Å². The highest BCUT2D eigenvalue weighted by molar-refractivity contribution is 6.74. The van der Waals surface area contributed by atoms with E-state index in [4.69, 9.17) is 30.8 Å². The van der Waals surface area contributed by atoms with Crippen molar-refractivity contribution in [3.05, 3.63) is 41.2 Å². The zero-order chi connectivity index (χ0) is 34.4. The second-order valence-electron chi connectivity index (χ2n) is 14.2. The summed E-state index contributed by atoms with van der Waals surface area (Å²) >= 11 is 0. The van der Waals surface area contributed by atoms with Crippen molar-refractivity contribution in [2.45, 2.75) is 103 Å². The monoisotopic (exact) mass is 653 g/mol. The third-order valence-corrected chi connectivity index (χ3v) is 13.5. The SMILES string of the molecule is C#C[C@]1(CO[Si](C)(C)C(C)(C)C)OCC(n2cnc3c(N)nc(F)nc32)[C@@H]1OC(=O)CC(C)(C)c1c(C)cc(C)cc1OC(C)=O. The normalized spacial score (nSPS) is 20.5. The molecular formula is C33H44FN5O6Si. The van der Waals surface area contributed by atoms with E-state index in [0.29, 0.717) is 11.3 Å². The van der Waals surface area contributed by atoms with Gasteiger partial charge in [-0.05, 0) is 49.2 Å². The third-order valence-electron chi connectivity index (χ3n) is 9.02. The maximum absolute atomic E-state index is 14.3. The molecule has 0 spiro atoms. The molecule has 3 atom stereocenters. The predicted octanol–water partition coefficient (Wildman–Crippen LogP) is 5.33. The van der Waals surface area contributed by atoms with Crippen LogP contribution in [0.5, 0.6) is 5.75 Å². The lowest BCUT2D eigenvalue weighted by Gasteiger charge is -2.40. The number of ether oxygens (including phenoxy) is 3. The fourth-order valence-corrected chi connectivity index (χ4v) is 6.73. The van der Waals surface area contributed by atoms with Gasteiger partial charge in [0.2, 0.25) is 0 Å². The minimum absolute atomic E-state index is 0.00292. The lowest BCUT2D eigenvalue weighted by molar-refractivity contribution is -0.159. The number of nitrogens with two attached hydrogens (primary N) is 1. The van der Waals surface area contributed by atoms with Crippen LogP contribution in [0.1, 0.15) is 70.7 Å². The number of hydrogen-bond acceptors (Lipinski definition) is 10. The topological polar surface area (TPSA) is 141 Å². The van der Waals surface area contributed by atoms with Crippen LogP contribution in [0, 0.1) is 32.3 Å². The Labute approximate surface area is 270 Å². The predicted molar refractivity (Wildman–Crippen MR) is 174 cm³/mol. The number of fused-ring (bicyclic) bond motifs is 1. The van der Waals surface area contributed by atoms with E-state index in [0.717, 1.165) is 11.1 Å². The van der Waals surface area contributed by atoms with Crippen molar-refractivity contribution in [1.82, 2.24) is 19.5 Å². The van der Waals surface area contributed by atoms with Crippen LogP contribution < -0.4 is 10.5 Å². The number of aromatic nitrogens is 4. The largest absolute Gasteiger partial charge is 0.456 e. The fourth-order valence-electron chi connectivity index (χ4n) is 5.72. The van der Waals surface area contributed by atoms with Crippen molar-refractivity contribution in [3.63, 3.8) is 0 Å². The smallest absolute Gasteiger partial charge is 0.312 e. The average molecular weight is 654 g/mol. The first-order valence-electron chi connectivity index (χ1n) is 15.1. The standard InChI is InChI=1S/C33H44FN5O6Si/c1-12-33(17-43-46(10,11)31(5,6)7)27(22(16-42-33)39-18-36-26-28(35)37-30(34)38-29(26)39)45-24(41)15-32(8,9)25-20(3)13-19(2)14-23(25)44-21(4)40/h1,13-14,18,22,27H,15-17H2,2-11H3,(H2,35,37,38)/t22?,27-,33+/m0/s1. The molecule has 248 valence electrons. The summed E-state index contributed by atoms with van der Waals surface area (Å²) in [5, 5.41) is -0.130. The van der Waals surface area contributed by atoms with Gasteiger partial charge in [-0.2, -0.15) is 14.4 Å². The van der Waals surface area contributed by atoms with Gasteiger partial charge in [0.25, 0.3) is 0 Å². The number of rotatable bonds is 9. The lowest BCUT2D eigenvalue weighted by atomic mass is 9.78. The molecule has 0 radical (unpaired) electrons. The number of benzene rings is 1. The molecule has 4 rings (SSSR count). The summed E-state index contributed by atoms with van der Waals surface area (Å²) in [4.78, 5) is 37.7. The number of anilines is 1. The fraction of sp³-hybridized carbons (Fsp3) is 0.545. The molecule has 3 aromatic rings. The Morgan fingerprint density at radius 2 is 1.89 bits per heavy atom. The van der Waals surface area contributed by atoms with Crippen molar-refractivity contribution in [2.24, 2.45) is 0 Å². The van der Waals surface area contributed by atoms with Gasteiger partial charge in [-0.15, -0.1) is 6.42 Å². The second kappa shape index (κ2) is 12.4. The zero-order valence-electron chi connectivity index (χ0n) is 28.3. The first-order valence-corrected chi connectivity index (χ1v) is 18.0. The Morgan fingerprint density at radius 3 is 2.50 bits per heavy atom. The van der Waals surface area contributed by atoms with Crippen LogP contribution in [0.4, 0.5) is 10.2 Å². The minimum Gasteiger partial charge on any atom is -0.456 e. The van der Waals surface area contributed by atoms with Crippen molar-refractivity contribution < 1.29 is 32.6 Å². The summed E-state index contributed by atoms with van der Waals surface area (Å²) in [6.45, 7) is 19.3. The van der Waals surface area contributed by atoms with Gasteiger partial charge < -0.3 is 28.9 Å². The van der Waals surface area contributed by atoms with Crippen LogP contribution in [0.3, 0.4) is 0 Å². The van der Waals surface area contributed by atoms with Gasteiger partial charge in [-0.3, -0.25) is 9.59 Å². The molecule has 2 N–H and O–H groups in total. The Balaban J connectivity index is 1.74. The molecule has 1 aliphatic rings. The zero-order valence-corrected chi connectivity index (χ0v) is 29.3. The van der Waals surface area contributed by atoms with Crippen LogP contribution in [0.25, 0.3) is 11.2 Å². The van der Waals surface area contributed by atoms with E-state index in [1.54, 1.807) is 10.6 Å². The molecule has 1 aromatic carbocycles. The number of aryl methyl sites for hydroxylation is 2. The van der Waals surface area contributed by atoms with Crippen molar-refractivity contribution >= 4 is 37.2 Å². The molecule has 2 aromatic heterocycles. The van der Waals surface area contributed by atoms with Crippen LogP contribution >= 0.6 is 0 Å². The van der Waals surface area contributed by atoms with Gasteiger partial charge >= 0.3 is 18.0 Å². The number of imidazole rings is 1. The summed E-state index contributed by atoms with van der Waals surface area (Å²) < 4.78 is 40.5. The van der Waals surface area contributed by atoms with E-state index < -0.39 is 49.5 Å². The Bertz CT molecular complexity index is 1710. The van der Waals surface area contributed by atoms with E-state index in [-0.39, 0.29) is 41.7 Å². The summed E-state index contributed by atoms with van der Waals surface area (Å²) in [5.41, 5.74) is 6.41. The molecule has 3 heterocycles. The van der Waals surface area contributed by atoms with Crippen molar-refractivity contribution in [3.8, 4) is 18.1 Å². The van der Waals surface area contributed by atoms with E-state index in [1.807, 2.05) is 33.8 Å². The third kappa shape index (κ3) is 6.79. The number of carbonyl (C=O) groups is 2. The number of nitrogens with zero attached hydrogens (tertiary/aromatic N) is 4. The molecule has 11 nitrogen and oxygen atoms in total. The first-order chi connectivity index (χ1) is 21.2. The highest BCUT2D eigenvalue weighted by Crippen LogP contribution is 2.43. The maximum Gasteiger partial charge on any atom is 0.312 e. The quantitative estimate of drug-likeness (QED) is 0.106. The molecular weight excluding hydrogens is 609 g/mol. The molecule has 0 amide bonds. The summed E-state index contributed by atoms with van der Waals surface area (Å²) in [6, 6.07) is 2.99. The first kappa shape index (κ1) is 35.0. The highest BCUT2D eigenvalue weighted by Gasteiger charge is 2.55. The van der Waals surface area contributed by atoms with E-state index in [1.165, 1.54) is 13.3 Å². The maximum atomic E-state index is 14.3. The molecule has 0 saturated carbocycles. The number of terminal acetylenes is 1. The Morgan fingerprint density at radius 1 is 1.22 bits per heavy atom. The van der Waals surface area contributed by atoms with Gasteiger partial charge in [0.15, 0.2) is 31.5 Å². The van der Waals surface area contributed by atoms with Gasteiger partial charge in [-0.25, -0.2) is 4.98 Å². The molecule has 13 heteroatoms. The average Bonchev–Trinajstić information content (AvgIpc) is 3.47. The Kier molecular flexibility index (Phi) is 9.43.